The zero-order valence-electron chi connectivity index (χ0n) is 12.9. The summed E-state index contributed by atoms with van der Waals surface area (Å²) >= 11 is 1.16. The van der Waals surface area contributed by atoms with E-state index in [4.69, 9.17) is 0 Å². The molecular weight excluding hydrogens is 384 g/mol. The Bertz CT molecular complexity index is 764. The predicted octanol–water partition coefficient (Wildman–Crippen LogP) is 5.39. The molecule has 1 heterocycles. The van der Waals surface area contributed by atoms with E-state index in [0.717, 1.165) is 11.3 Å². The fourth-order valence-electron chi connectivity index (χ4n) is 2.04. The lowest BCUT2D eigenvalue weighted by molar-refractivity contribution is -0.143. The maximum absolute atomic E-state index is 12.8. The number of Topliss-reactive ketones (excluding diaryl/α,β-unsaturated/α-hetero) is 1. The number of halogens is 6. The summed E-state index contributed by atoms with van der Waals surface area (Å²) in [5.74, 6) is -1.20. The van der Waals surface area contributed by atoms with Gasteiger partial charge < -0.3 is 5.32 Å². The number of nitrogens with one attached hydrogen (secondary N) is 1. The third-order valence-electron chi connectivity index (χ3n) is 3.25. The number of carbonyl (C=O) groups is 2. The van der Waals surface area contributed by atoms with Gasteiger partial charge in [0.15, 0.2) is 5.78 Å². The van der Waals surface area contributed by atoms with Crippen molar-refractivity contribution in [2.45, 2.75) is 25.2 Å². The summed E-state index contributed by atoms with van der Waals surface area (Å²) in [5.41, 5.74) is -3.70. The van der Waals surface area contributed by atoms with E-state index in [1.54, 1.807) is 17.5 Å². The van der Waals surface area contributed by atoms with Crippen LogP contribution in [0.15, 0.2) is 35.7 Å². The van der Waals surface area contributed by atoms with Crippen LogP contribution in [-0.4, -0.2) is 11.7 Å². The monoisotopic (exact) mass is 395 g/mol. The van der Waals surface area contributed by atoms with Crippen molar-refractivity contribution in [2.75, 3.05) is 5.32 Å². The Labute approximate surface area is 147 Å². The van der Waals surface area contributed by atoms with Crippen LogP contribution in [0.25, 0.3) is 0 Å². The average molecular weight is 395 g/mol. The normalized spacial score (nSPS) is 12.1. The Morgan fingerprint density at radius 2 is 1.50 bits per heavy atom. The molecule has 1 aromatic heterocycles. The lowest BCUT2D eigenvalue weighted by Crippen LogP contribution is -2.16. The van der Waals surface area contributed by atoms with E-state index in [9.17, 15) is 35.9 Å². The molecule has 1 amide bonds. The molecule has 0 bridgehead atoms. The highest BCUT2D eigenvalue weighted by Crippen LogP contribution is 2.37. The maximum Gasteiger partial charge on any atom is 0.416 e. The van der Waals surface area contributed by atoms with Gasteiger partial charge in [-0.3, -0.25) is 9.59 Å². The van der Waals surface area contributed by atoms with Crippen molar-refractivity contribution >= 4 is 28.7 Å². The molecule has 0 spiro atoms. The number of carbonyl (C=O) groups excluding carboxylic acids is 2. The number of alkyl halides is 6. The fraction of sp³-hybridized carbons (Fsp3) is 0.250. The van der Waals surface area contributed by atoms with Gasteiger partial charge >= 0.3 is 12.4 Å². The molecule has 2 rings (SSSR count). The second-order valence-corrected chi connectivity index (χ2v) is 6.19. The van der Waals surface area contributed by atoms with Crippen molar-refractivity contribution in [3.05, 3.63) is 51.7 Å². The molecule has 0 aliphatic heterocycles. The first-order chi connectivity index (χ1) is 12.0. The molecule has 0 fully saturated rings. The number of ketones is 1. The molecule has 140 valence electrons. The highest BCUT2D eigenvalue weighted by atomic mass is 32.1. The lowest BCUT2D eigenvalue weighted by atomic mass is 10.1. The van der Waals surface area contributed by atoms with Crippen molar-refractivity contribution < 1.29 is 35.9 Å². The highest BCUT2D eigenvalue weighted by molar-refractivity contribution is 7.12. The quantitative estimate of drug-likeness (QED) is 0.545. The van der Waals surface area contributed by atoms with Crippen LogP contribution in [0.5, 0.6) is 0 Å². The Morgan fingerprint density at radius 3 is 1.96 bits per heavy atom. The summed E-state index contributed by atoms with van der Waals surface area (Å²) in [6, 6.07) is 3.98. The van der Waals surface area contributed by atoms with Gasteiger partial charge in [0.1, 0.15) is 0 Å². The number of benzene rings is 1. The average Bonchev–Trinajstić information content (AvgIpc) is 3.05. The summed E-state index contributed by atoms with van der Waals surface area (Å²) < 4.78 is 76.6. The summed E-state index contributed by atoms with van der Waals surface area (Å²) in [5, 5.41) is 3.64. The summed E-state index contributed by atoms with van der Waals surface area (Å²) in [6.45, 7) is 0. The first kappa shape index (κ1) is 20.0. The number of anilines is 1. The third kappa shape index (κ3) is 5.32. The third-order valence-corrected chi connectivity index (χ3v) is 4.16. The van der Waals surface area contributed by atoms with Crippen molar-refractivity contribution in [1.82, 2.24) is 0 Å². The van der Waals surface area contributed by atoms with Gasteiger partial charge in [0.2, 0.25) is 5.91 Å². The molecule has 0 aliphatic carbocycles. The van der Waals surface area contributed by atoms with E-state index in [-0.39, 0.29) is 24.7 Å². The van der Waals surface area contributed by atoms with Crippen molar-refractivity contribution in [1.29, 1.82) is 0 Å². The maximum atomic E-state index is 12.8. The largest absolute Gasteiger partial charge is 0.416 e. The molecule has 1 aromatic carbocycles. The number of thiophene rings is 1. The number of amides is 1. The van der Waals surface area contributed by atoms with E-state index in [0.29, 0.717) is 17.0 Å². The van der Waals surface area contributed by atoms with Crippen LogP contribution in [0, 0.1) is 0 Å². The molecule has 0 unspecified atom stereocenters. The predicted molar refractivity (Wildman–Crippen MR) is 83.0 cm³/mol. The van der Waals surface area contributed by atoms with Crippen LogP contribution >= 0.6 is 11.3 Å². The van der Waals surface area contributed by atoms with E-state index >= 15 is 0 Å². The highest BCUT2D eigenvalue weighted by Gasteiger charge is 2.37. The Hall–Kier alpha value is -2.36. The zero-order valence-corrected chi connectivity index (χ0v) is 13.7. The second kappa shape index (κ2) is 7.48. The first-order valence-corrected chi connectivity index (χ1v) is 8.01. The van der Waals surface area contributed by atoms with Crippen molar-refractivity contribution in [3.63, 3.8) is 0 Å². The van der Waals surface area contributed by atoms with Crippen molar-refractivity contribution in [2.24, 2.45) is 0 Å². The molecular formula is C16H11F6NO2S. The molecule has 2 aromatic rings. The van der Waals surface area contributed by atoms with E-state index in [1.807, 2.05) is 5.32 Å². The van der Waals surface area contributed by atoms with Crippen LogP contribution in [0.3, 0.4) is 0 Å². The molecule has 0 atom stereocenters. The van der Waals surface area contributed by atoms with Gasteiger partial charge in [0.25, 0.3) is 0 Å². The lowest BCUT2D eigenvalue weighted by Gasteiger charge is -2.14. The topological polar surface area (TPSA) is 46.2 Å². The Kier molecular flexibility index (Phi) is 5.74. The van der Waals surface area contributed by atoms with Crippen LogP contribution in [0.1, 0.15) is 33.6 Å². The number of hydrogen-bond acceptors (Lipinski definition) is 3. The minimum atomic E-state index is -5.00. The second-order valence-electron chi connectivity index (χ2n) is 5.24. The molecule has 0 aliphatic rings. The first-order valence-electron chi connectivity index (χ1n) is 7.13. The minimum absolute atomic E-state index is 0.0318. The van der Waals surface area contributed by atoms with Gasteiger partial charge in [-0.2, -0.15) is 26.3 Å². The fourth-order valence-corrected chi connectivity index (χ4v) is 2.73. The van der Waals surface area contributed by atoms with Gasteiger partial charge in [-0.05, 0) is 29.6 Å². The van der Waals surface area contributed by atoms with Gasteiger partial charge in [0.05, 0.1) is 16.0 Å². The molecule has 0 saturated carbocycles. The Morgan fingerprint density at radius 1 is 0.923 bits per heavy atom. The summed E-state index contributed by atoms with van der Waals surface area (Å²) in [7, 11) is 0. The molecule has 3 nitrogen and oxygen atoms in total. The number of hydrogen-bond donors (Lipinski definition) is 1. The standard InChI is InChI=1S/C16H11F6NO2S/c17-15(18,19)9-6-10(16(20,21)22)8-11(7-9)23-14(25)4-3-12(24)13-2-1-5-26-13/h1-2,5-8H,3-4H2,(H,23,25). The van der Waals surface area contributed by atoms with Gasteiger partial charge in [0, 0.05) is 18.5 Å². The van der Waals surface area contributed by atoms with Gasteiger partial charge in [-0.15, -0.1) is 11.3 Å². The molecule has 0 saturated heterocycles. The number of rotatable bonds is 5. The van der Waals surface area contributed by atoms with Crippen LogP contribution in [0.2, 0.25) is 0 Å². The van der Waals surface area contributed by atoms with Crippen LogP contribution < -0.4 is 5.32 Å². The van der Waals surface area contributed by atoms with Crippen LogP contribution in [-0.2, 0) is 17.1 Å². The van der Waals surface area contributed by atoms with Gasteiger partial charge in [-0.1, -0.05) is 6.07 Å². The van der Waals surface area contributed by atoms with E-state index < -0.39 is 35.1 Å². The van der Waals surface area contributed by atoms with Crippen molar-refractivity contribution in [3.8, 4) is 0 Å². The van der Waals surface area contributed by atoms with Gasteiger partial charge in [-0.25, -0.2) is 0 Å². The van der Waals surface area contributed by atoms with E-state index in [2.05, 4.69) is 0 Å². The zero-order chi connectivity index (χ0) is 19.5. The molecule has 1 N–H and O–H groups in total. The Balaban J connectivity index is 2.12. The van der Waals surface area contributed by atoms with E-state index in [1.165, 1.54) is 0 Å². The molecule has 0 radical (unpaired) electrons. The summed E-state index contributed by atoms with van der Waals surface area (Å²) in [6.07, 6.45) is -10.6. The summed E-state index contributed by atoms with van der Waals surface area (Å²) in [4.78, 5) is 24.0. The molecule has 26 heavy (non-hydrogen) atoms. The SMILES string of the molecule is O=C(CCC(=O)c1cccs1)Nc1cc(C(F)(F)F)cc(C(F)(F)F)c1. The smallest absolute Gasteiger partial charge is 0.326 e. The van der Waals surface area contributed by atoms with Crippen LogP contribution in [0.4, 0.5) is 32.0 Å². The molecule has 10 heteroatoms. The minimum Gasteiger partial charge on any atom is -0.326 e.